The van der Waals surface area contributed by atoms with E-state index in [-0.39, 0.29) is 11.9 Å². The van der Waals surface area contributed by atoms with Crippen LogP contribution < -0.4 is 15.8 Å². The zero-order valence-electron chi connectivity index (χ0n) is 17.5. The topological polar surface area (TPSA) is 119 Å². The molecule has 2 heterocycles. The highest BCUT2D eigenvalue weighted by Gasteiger charge is 2.23. The number of nitrogens with zero attached hydrogens (tertiary/aromatic N) is 3. The lowest BCUT2D eigenvalue weighted by Crippen LogP contribution is -2.26. The molecular weight excluding hydrogens is 404 g/mol. The fraction of sp³-hybridized carbons (Fsp3) is 0.250. The van der Waals surface area contributed by atoms with E-state index in [0.717, 1.165) is 52.3 Å². The molecular formula is C24H24N6O2. The minimum atomic E-state index is 0.0809. The molecule has 0 unspecified atom stereocenters. The van der Waals surface area contributed by atoms with Crippen molar-refractivity contribution in [1.82, 2.24) is 25.3 Å². The number of nitrogen functional groups attached to an aromatic ring is 1. The monoisotopic (exact) mass is 428 g/mol. The van der Waals surface area contributed by atoms with Gasteiger partial charge in [-0.2, -0.15) is 0 Å². The maximum Gasteiger partial charge on any atom is 0.224 e. The number of ether oxygens (including phenoxy) is 1. The predicted octanol–water partition coefficient (Wildman–Crippen LogP) is 3.04. The number of hydrogen-bond acceptors (Lipinski definition) is 6. The Morgan fingerprint density at radius 3 is 2.75 bits per heavy atom. The van der Waals surface area contributed by atoms with E-state index in [9.17, 15) is 4.79 Å². The normalized spacial score (nSPS) is 13.2. The van der Waals surface area contributed by atoms with Crippen molar-refractivity contribution in [1.29, 1.82) is 0 Å². The maximum atomic E-state index is 11.9. The van der Waals surface area contributed by atoms with Crippen molar-refractivity contribution < 1.29 is 9.53 Å². The number of H-pyrrole nitrogens is 1. The summed E-state index contributed by atoms with van der Waals surface area (Å²) >= 11 is 0. The number of carbonyl (C=O) groups excluding carboxylic acids is 1. The molecule has 5 rings (SSSR count). The number of amides is 1. The zero-order valence-corrected chi connectivity index (χ0v) is 17.5. The van der Waals surface area contributed by atoms with Gasteiger partial charge in [0.05, 0.1) is 29.8 Å². The average molecular weight is 428 g/mol. The molecule has 2 aromatic heterocycles. The van der Waals surface area contributed by atoms with Gasteiger partial charge in [-0.3, -0.25) is 4.79 Å². The van der Waals surface area contributed by atoms with Crippen LogP contribution in [0.1, 0.15) is 24.2 Å². The molecule has 1 aliphatic carbocycles. The minimum absolute atomic E-state index is 0.0809. The number of nitrogens with one attached hydrogen (secondary N) is 2. The number of nitrogens with two attached hydrogens (primary N) is 1. The van der Waals surface area contributed by atoms with Gasteiger partial charge in [-0.1, -0.05) is 18.2 Å². The Kier molecular flexibility index (Phi) is 5.41. The number of fused-ring (bicyclic) bond motifs is 1. The summed E-state index contributed by atoms with van der Waals surface area (Å²) in [6.45, 7) is 0.497. The molecule has 0 spiro atoms. The summed E-state index contributed by atoms with van der Waals surface area (Å²) in [6.07, 6.45) is 4.90. The first-order valence-electron chi connectivity index (χ1n) is 10.7. The maximum absolute atomic E-state index is 11.9. The summed E-state index contributed by atoms with van der Waals surface area (Å²) in [5.41, 5.74) is 10.2. The van der Waals surface area contributed by atoms with Gasteiger partial charge in [-0.25, -0.2) is 15.0 Å². The van der Waals surface area contributed by atoms with Gasteiger partial charge < -0.3 is 20.8 Å². The molecule has 1 fully saturated rings. The quantitative estimate of drug-likeness (QED) is 0.397. The third-order valence-electron chi connectivity index (χ3n) is 5.34. The Balaban J connectivity index is 1.17. The van der Waals surface area contributed by atoms with Crippen molar-refractivity contribution in [2.24, 2.45) is 0 Å². The first-order valence-corrected chi connectivity index (χ1v) is 10.7. The van der Waals surface area contributed by atoms with E-state index in [0.29, 0.717) is 25.5 Å². The molecule has 1 saturated carbocycles. The van der Waals surface area contributed by atoms with E-state index in [1.807, 2.05) is 48.5 Å². The van der Waals surface area contributed by atoms with E-state index in [2.05, 4.69) is 25.3 Å². The van der Waals surface area contributed by atoms with E-state index >= 15 is 0 Å². The summed E-state index contributed by atoms with van der Waals surface area (Å²) in [5.74, 6) is 1.96. The number of aromatic amines is 1. The molecule has 2 aromatic carbocycles. The first-order chi connectivity index (χ1) is 15.6. The molecule has 8 nitrogen and oxygen atoms in total. The Bertz CT molecular complexity index is 1250. The van der Waals surface area contributed by atoms with E-state index in [4.69, 9.17) is 10.5 Å². The van der Waals surface area contributed by atoms with Crippen molar-refractivity contribution in [2.45, 2.75) is 31.7 Å². The highest BCUT2D eigenvalue weighted by Crippen LogP contribution is 2.22. The third kappa shape index (κ3) is 4.85. The van der Waals surface area contributed by atoms with Gasteiger partial charge in [-0.05, 0) is 48.7 Å². The second-order valence-corrected chi connectivity index (χ2v) is 7.98. The molecule has 162 valence electrons. The van der Waals surface area contributed by atoms with Crippen LogP contribution in [0, 0.1) is 0 Å². The van der Waals surface area contributed by atoms with E-state index in [1.54, 1.807) is 6.20 Å². The first kappa shape index (κ1) is 20.0. The number of hydrogen-bond donors (Lipinski definition) is 3. The lowest BCUT2D eigenvalue weighted by Gasteiger charge is -2.07. The van der Waals surface area contributed by atoms with Gasteiger partial charge in [-0.15, -0.1) is 0 Å². The molecule has 0 bridgehead atoms. The standard InChI is InChI=1S/C24H24N6O2/c25-24-26-11-9-19(30-24)16-3-8-20-21(14-16)29-22(28-20)10-12-32-18-6-1-15(2-7-18)13-23(31)27-17-4-5-17/h1-3,6-9,11,14,17H,4-5,10,12-13H2,(H,27,31)(H,28,29)(H2,25,26,30). The largest absolute Gasteiger partial charge is 0.493 e. The lowest BCUT2D eigenvalue weighted by atomic mass is 10.1. The Hall–Kier alpha value is -3.94. The summed E-state index contributed by atoms with van der Waals surface area (Å²) in [4.78, 5) is 28.1. The molecule has 32 heavy (non-hydrogen) atoms. The predicted molar refractivity (Wildman–Crippen MR) is 122 cm³/mol. The number of aromatic nitrogens is 4. The molecule has 0 radical (unpaired) electrons. The van der Waals surface area contributed by atoms with Crippen LogP contribution in [0.2, 0.25) is 0 Å². The van der Waals surface area contributed by atoms with Crippen molar-refractivity contribution in [3.05, 3.63) is 66.1 Å². The summed E-state index contributed by atoms with van der Waals surface area (Å²) in [5, 5.41) is 3.00. The summed E-state index contributed by atoms with van der Waals surface area (Å²) < 4.78 is 5.86. The molecule has 8 heteroatoms. The van der Waals surface area contributed by atoms with Crippen LogP contribution in [0.15, 0.2) is 54.7 Å². The van der Waals surface area contributed by atoms with Crippen molar-refractivity contribution >= 4 is 22.9 Å². The fourth-order valence-corrected chi connectivity index (χ4v) is 3.54. The highest BCUT2D eigenvalue weighted by molar-refractivity contribution is 5.81. The van der Waals surface area contributed by atoms with Crippen LogP contribution in [0.3, 0.4) is 0 Å². The molecule has 1 aliphatic rings. The smallest absolute Gasteiger partial charge is 0.224 e. The van der Waals surface area contributed by atoms with Crippen molar-refractivity contribution in [3.63, 3.8) is 0 Å². The number of rotatable bonds is 8. The van der Waals surface area contributed by atoms with E-state index in [1.165, 1.54) is 0 Å². The molecule has 0 aliphatic heterocycles. The van der Waals surface area contributed by atoms with Gasteiger partial charge in [0.15, 0.2) is 0 Å². The van der Waals surface area contributed by atoms with Crippen LogP contribution in [-0.4, -0.2) is 38.5 Å². The molecule has 4 N–H and O–H groups in total. The van der Waals surface area contributed by atoms with Gasteiger partial charge in [0, 0.05) is 24.2 Å². The highest BCUT2D eigenvalue weighted by atomic mass is 16.5. The third-order valence-corrected chi connectivity index (χ3v) is 5.34. The van der Waals surface area contributed by atoms with E-state index < -0.39 is 0 Å². The van der Waals surface area contributed by atoms with Crippen LogP contribution in [0.4, 0.5) is 5.95 Å². The van der Waals surface area contributed by atoms with Gasteiger partial charge >= 0.3 is 0 Å². The van der Waals surface area contributed by atoms with Gasteiger partial charge in [0.25, 0.3) is 0 Å². The Morgan fingerprint density at radius 2 is 1.97 bits per heavy atom. The van der Waals surface area contributed by atoms with Crippen molar-refractivity contribution in [3.8, 4) is 17.0 Å². The van der Waals surface area contributed by atoms with Crippen molar-refractivity contribution in [2.75, 3.05) is 12.3 Å². The minimum Gasteiger partial charge on any atom is -0.493 e. The molecule has 1 amide bonds. The number of imidazole rings is 1. The van der Waals surface area contributed by atoms with Gasteiger partial charge in [0.1, 0.15) is 11.6 Å². The van der Waals surface area contributed by atoms with Crippen LogP contribution in [0.25, 0.3) is 22.3 Å². The Labute approximate surface area is 185 Å². The fourth-order valence-electron chi connectivity index (χ4n) is 3.54. The number of benzene rings is 2. The molecule has 0 saturated heterocycles. The summed E-state index contributed by atoms with van der Waals surface area (Å²) in [6, 6.07) is 15.8. The zero-order chi connectivity index (χ0) is 21.9. The van der Waals surface area contributed by atoms with Crippen LogP contribution in [0.5, 0.6) is 5.75 Å². The summed E-state index contributed by atoms with van der Waals surface area (Å²) in [7, 11) is 0. The average Bonchev–Trinajstić information content (AvgIpc) is 3.50. The second-order valence-electron chi connectivity index (χ2n) is 7.98. The molecule has 4 aromatic rings. The Morgan fingerprint density at radius 1 is 1.12 bits per heavy atom. The second kappa shape index (κ2) is 8.66. The number of anilines is 1. The van der Waals surface area contributed by atoms with Crippen LogP contribution in [-0.2, 0) is 17.6 Å². The molecule has 0 atom stereocenters. The lowest BCUT2D eigenvalue weighted by molar-refractivity contribution is -0.120. The SMILES string of the molecule is Nc1nccc(-c2ccc3nc(CCOc4ccc(CC(=O)NC5CC5)cc4)[nH]c3c2)n1. The van der Waals surface area contributed by atoms with Crippen LogP contribution >= 0.6 is 0 Å². The van der Waals surface area contributed by atoms with Gasteiger partial charge in [0.2, 0.25) is 11.9 Å². The number of carbonyl (C=O) groups is 1.